The fourth-order valence-electron chi connectivity index (χ4n) is 3.87. The molecule has 0 amide bonds. The molecule has 1 aromatic carbocycles. The van der Waals surface area contributed by atoms with Gasteiger partial charge in [0.2, 0.25) is 0 Å². The van der Waals surface area contributed by atoms with Crippen molar-refractivity contribution in [3.8, 4) is 0 Å². The largest absolute Gasteiger partial charge is 0.314 e. The van der Waals surface area contributed by atoms with Crippen molar-refractivity contribution in [2.45, 2.75) is 32.7 Å². The molecule has 2 heterocycles. The lowest BCUT2D eigenvalue weighted by atomic mass is 9.95. The van der Waals surface area contributed by atoms with Gasteiger partial charge in [0.05, 0.1) is 0 Å². The van der Waals surface area contributed by atoms with E-state index in [0.717, 1.165) is 19.0 Å². The van der Waals surface area contributed by atoms with Crippen LogP contribution >= 0.6 is 0 Å². The lowest BCUT2D eigenvalue weighted by Crippen LogP contribution is -2.48. The van der Waals surface area contributed by atoms with Crippen LogP contribution in [0.3, 0.4) is 0 Å². The van der Waals surface area contributed by atoms with E-state index in [2.05, 4.69) is 53.2 Å². The number of nitrogens with one attached hydrogen (secondary N) is 1. The predicted molar refractivity (Wildman–Crippen MR) is 93.2 cm³/mol. The third-order valence-corrected chi connectivity index (χ3v) is 5.23. The number of hydrogen-bond donors (Lipinski definition) is 1. The minimum Gasteiger partial charge on any atom is -0.314 e. The van der Waals surface area contributed by atoms with Gasteiger partial charge < -0.3 is 5.32 Å². The van der Waals surface area contributed by atoms with Gasteiger partial charge in [-0.05, 0) is 37.8 Å². The first-order valence-corrected chi connectivity index (χ1v) is 8.96. The summed E-state index contributed by atoms with van der Waals surface area (Å²) in [5, 5.41) is 3.47. The van der Waals surface area contributed by atoms with Gasteiger partial charge in [-0.3, -0.25) is 9.80 Å². The van der Waals surface area contributed by atoms with E-state index < -0.39 is 0 Å². The molecule has 0 spiro atoms. The van der Waals surface area contributed by atoms with Crippen LogP contribution in [0, 0.1) is 12.8 Å². The first kappa shape index (κ1) is 16.0. The summed E-state index contributed by atoms with van der Waals surface area (Å²) in [7, 11) is 0. The van der Waals surface area contributed by atoms with Gasteiger partial charge >= 0.3 is 0 Å². The van der Waals surface area contributed by atoms with Gasteiger partial charge in [-0.25, -0.2) is 0 Å². The van der Waals surface area contributed by atoms with E-state index in [-0.39, 0.29) is 0 Å². The molecule has 0 aliphatic carbocycles. The summed E-state index contributed by atoms with van der Waals surface area (Å²) >= 11 is 0. The summed E-state index contributed by atoms with van der Waals surface area (Å²) in [5.74, 6) is 0.838. The van der Waals surface area contributed by atoms with Gasteiger partial charge in [0, 0.05) is 45.3 Å². The van der Waals surface area contributed by atoms with Crippen molar-refractivity contribution in [1.29, 1.82) is 0 Å². The number of hydrogen-bond acceptors (Lipinski definition) is 3. The van der Waals surface area contributed by atoms with Crippen LogP contribution in [0.5, 0.6) is 0 Å². The lowest BCUT2D eigenvalue weighted by Gasteiger charge is -2.40. The highest BCUT2D eigenvalue weighted by Gasteiger charge is 2.27. The second-order valence-electron chi connectivity index (χ2n) is 7.22. The van der Waals surface area contributed by atoms with Crippen molar-refractivity contribution in [1.82, 2.24) is 15.1 Å². The molecule has 3 heteroatoms. The van der Waals surface area contributed by atoms with Gasteiger partial charge in [-0.15, -0.1) is 0 Å². The van der Waals surface area contributed by atoms with Crippen LogP contribution in [0.15, 0.2) is 24.3 Å². The van der Waals surface area contributed by atoms with Crippen LogP contribution in [0.25, 0.3) is 0 Å². The summed E-state index contributed by atoms with van der Waals surface area (Å²) in [5.41, 5.74) is 2.86. The number of benzene rings is 1. The van der Waals surface area contributed by atoms with Gasteiger partial charge in [0.25, 0.3) is 0 Å². The van der Waals surface area contributed by atoms with Crippen LogP contribution in [-0.4, -0.2) is 55.6 Å². The molecular weight excluding hydrogens is 270 g/mol. The molecule has 22 heavy (non-hydrogen) atoms. The molecule has 3 rings (SSSR count). The highest BCUT2D eigenvalue weighted by atomic mass is 15.2. The van der Waals surface area contributed by atoms with Crippen LogP contribution in [0.1, 0.15) is 36.9 Å². The van der Waals surface area contributed by atoms with E-state index in [4.69, 9.17) is 0 Å². The molecule has 2 aliphatic rings. The van der Waals surface area contributed by atoms with E-state index in [0.29, 0.717) is 6.04 Å². The molecular formula is C19H31N3. The first-order valence-electron chi connectivity index (χ1n) is 8.96. The van der Waals surface area contributed by atoms with E-state index in [1.807, 2.05) is 0 Å². The van der Waals surface area contributed by atoms with Crippen LogP contribution < -0.4 is 5.32 Å². The molecule has 0 radical (unpaired) electrons. The number of likely N-dealkylation sites (tertiary alicyclic amines) is 1. The Labute approximate surface area is 135 Å². The number of aryl methyl sites for hydroxylation is 1. The van der Waals surface area contributed by atoms with E-state index >= 15 is 0 Å². The standard InChI is InChI=1S/C19H31N3/c1-16-5-7-18(8-6-16)19(15-21-12-9-20-10-13-21)22-11-3-4-17(2)14-22/h5-8,17,19-20H,3-4,9-15H2,1-2H3. The number of piperidine rings is 1. The van der Waals surface area contributed by atoms with Crippen molar-refractivity contribution in [3.05, 3.63) is 35.4 Å². The van der Waals surface area contributed by atoms with Crippen molar-refractivity contribution < 1.29 is 0 Å². The van der Waals surface area contributed by atoms with Crippen LogP contribution in [0.2, 0.25) is 0 Å². The predicted octanol–water partition coefficient (Wildman–Crippen LogP) is 2.67. The molecule has 1 aromatic rings. The molecule has 0 bridgehead atoms. The smallest absolute Gasteiger partial charge is 0.0475 e. The maximum Gasteiger partial charge on any atom is 0.0475 e. The maximum atomic E-state index is 3.47. The molecule has 2 unspecified atom stereocenters. The third-order valence-electron chi connectivity index (χ3n) is 5.23. The average molecular weight is 301 g/mol. The van der Waals surface area contributed by atoms with Gasteiger partial charge in [0.1, 0.15) is 0 Å². The first-order chi connectivity index (χ1) is 10.7. The Hall–Kier alpha value is -0.900. The second-order valence-corrected chi connectivity index (χ2v) is 7.22. The fourth-order valence-corrected chi connectivity index (χ4v) is 3.87. The van der Waals surface area contributed by atoms with Crippen molar-refractivity contribution >= 4 is 0 Å². The highest BCUT2D eigenvalue weighted by molar-refractivity contribution is 5.24. The summed E-state index contributed by atoms with van der Waals surface area (Å²) < 4.78 is 0. The number of nitrogens with zero attached hydrogens (tertiary/aromatic N) is 2. The van der Waals surface area contributed by atoms with Crippen LogP contribution in [0.4, 0.5) is 0 Å². The molecule has 2 fully saturated rings. The van der Waals surface area contributed by atoms with Crippen molar-refractivity contribution in [2.75, 3.05) is 45.8 Å². The Morgan fingerprint density at radius 2 is 1.86 bits per heavy atom. The Morgan fingerprint density at radius 1 is 1.14 bits per heavy atom. The quantitative estimate of drug-likeness (QED) is 0.922. The Balaban J connectivity index is 1.75. The average Bonchev–Trinajstić information content (AvgIpc) is 2.55. The number of rotatable bonds is 4. The van der Waals surface area contributed by atoms with Gasteiger partial charge in [-0.2, -0.15) is 0 Å². The summed E-state index contributed by atoms with van der Waals surface area (Å²) in [6.45, 7) is 12.9. The Kier molecular flexibility index (Phi) is 5.51. The molecule has 0 saturated carbocycles. The van der Waals surface area contributed by atoms with E-state index in [9.17, 15) is 0 Å². The summed E-state index contributed by atoms with van der Waals surface area (Å²) in [4.78, 5) is 5.38. The van der Waals surface area contributed by atoms with Gasteiger partial charge in [-0.1, -0.05) is 36.8 Å². The molecule has 2 saturated heterocycles. The number of piperazine rings is 1. The van der Waals surface area contributed by atoms with Crippen molar-refractivity contribution in [3.63, 3.8) is 0 Å². The molecule has 2 aliphatic heterocycles. The zero-order chi connectivity index (χ0) is 15.4. The molecule has 122 valence electrons. The highest BCUT2D eigenvalue weighted by Crippen LogP contribution is 2.28. The summed E-state index contributed by atoms with van der Waals surface area (Å²) in [6.07, 6.45) is 2.75. The monoisotopic (exact) mass is 301 g/mol. The van der Waals surface area contributed by atoms with Crippen molar-refractivity contribution in [2.24, 2.45) is 5.92 Å². The topological polar surface area (TPSA) is 18.5 Å². The molecule has 2 atom stereocenters. The third kappa shape index (κ3) is 4.09. The minimum absolute atomic E-state index is 0.557. The zero-order valence-electron chi connectivity index (χ0n) is 14.2. The fraction of sp³-hybridized carbons (Fsp3) is 0.684. The minimum atomic E-state index is 0.557. The molecule has 3 nitrogen and oxygen atoms in total. The Morgan fingerprint density at radius 3 is 2.55 bits per heavy atom. The molecule has 0 aromatic heterocycles. The molecule has 1 N–H and O–H groups in total. The maximum absolute atomic E-state index is 3.47. The summed E-state index contributed by atoms with van der Waals surface area (Å²) in [6, 6.07) is 9.80. The SMILES string of the molecule is Cc1ccc(C(CN2CCNCC2)N2CCCC(C)C2)cc1. The zero-order valence-corrected chi connectivity index (χ0v) is 14.2. The lowest BCUT2D eigenvalue weighted by molar-refractivity contribution is 0.0912. The Bertz CT molecular complexity index is 450. The second kappa shape index (κ2) is 7.58. The van der Waals surface area contributed by atoms with E-state index in [1.54, 1.807) is 0 Å². The van der Waals surface area contributed by atoms with Gasteiger partial charge in [0.15, 0.2) is 0 Å². The normalized spacial score (nSPS) is 26.0. The van der Waals surface area contributed by atoms with Crippen LogP contribution in [-0.2, 0) is 0 Å². The van der Waals surface area contributed by atoms with E-state index in [1.165, 1.54) is 56.7 Å².